The zero-order valence-electron chi connectivity index (χ0n) is 12.4. The summed E-state index contributed by atoms with van der Waals surface area (Å²) in [7, 11) is 2.21. The van der Waals surface area contributed by atoms with E-state index in [2.05, 4.69) is 12.4 Å². The molecular formula is C17H29NO. The van der Waals surface area contributed by atoms with Gasteiger partial charge in [0.05, 0.1) is 5.60 Å². The molecule has 19 heavy (non-hydrogen) atoms. The van der Waals surface area contributed by atoms with E-state index >= 15 is 0 Å². The Bertz CT molecular complexity index is 338. The monoisotopic (exact) mass is 263 g/mol. The fourth-order valence-corrected chi connectivity index (χ4v) is 5.82. The fourth-order valence-electron chi connectivity index (χ4n) is 5.82. The minimum Gasteiger partial charge on any atom is -0.375 e. The number of hydrogen-bond donors (Lipinski definition) is 1. The molecule has 0 aromatic carbocycles. The van der Waals surface area contributed by atoms with E-state index in [1.165, 1.54) is 57.8 Å². The molecule has 4 rings (SSSR count). The van der Waals surface area contributed by atoms with Crippen molar-refractivity contribution in [1.29, 1.82) is 0 Å². The van der Waals surface area contributed by atoms with E-state index < -0.39 is 0 Å². The highest BCUT2D eigenvalue weighted by molar-refractivity contribution is 5.01. The van der Waals surface area contributed by atoms with Gasteiger partial charge < -0.3 is 10.1 Å². The van der Waals surface area contributed by atoms with Crippen LogP contribution in [0.15, 0.2) is 0 Å². The van der Waals surface area contributed by atoms with Crippen LogP contribution in [0.2, 0.25) is 0 Å². The Morgan fingerprint density at radius 3 is 2.63 bits per heavy atom. The zero-order valence-corrected chi connectivity index (χ0v) is 12.4. The lowest BCUT2D eigenvalue weighted by atomic mass is 9.67. The third-order valence-electron chi connectivity index (χ3n) is 6.89. The predicted molar refractivity (Wildman–Crippen MR) is 77.0 cm³/mol. The second kappa shape index (κ2) is 4.73. The second-order valence-electron chi connectivity index (χ2n) is 7.79. The Labute approximate surface area is 117 Å². The Balaban J connectivity index is 1.46. The number of nitrogens with one attached hydrogen (secondary N) is 1. The molecule has 1 spiro atoms. The van der Waals surface area contributed by atoms with Crippen molar-refractivity contribution in [2.75, 3.05) is 13.7 Å². The van der Waals surface area contributed by atoms with Crippen molar-refractivity contribution in [1.82, 2.24) is 5.32 Å². The van der Waals surface area contributed by atoms with Gasteiger partial charge in [-0.3, -0.25) is 0 Å². The molecule has 0 radical (unpaired) electrons. The van der Waals surface area contributed by atoms with Crippen LogP contribution in [0.4, 0.5) is 0 Å². The van der Waals surface area contributed by atoms with Crippen molar-refractivity contribution in [2.45, 2.75) is 69.4 Å². The largest absolute Gasteiger partial charge is 0.375 e. The average molecular weight is 263 g/mol. The van der Waals surface area contributed by atoms with E-state index in [1.807, 2.05) is 0 Å². The van der Waals surface area contributed by atoms with Crippen molar-refractivity contribution in [3.63, 3.8) is 0 Å². The molecule has 4 aliphatic rings. The summed E-state index contributed by atoms with van der Waals surface area (Å²) in [5.41, 5.74) is 0.315. The summed E-state index contributed by atoms with van der Waals surface area (Å²) in [6.07, 6.45) is 12.8. The quantitative estimate of drug-likeness (QED) is 0.843. The van der Waals surface area contributed by atoms with Crippen LogP contribution < -0.4 is 5.32 Å². The minimum atomic E-state index is 0.315. The summed E-state index contributed by atoms with van der Waals surface area (Å²) in [5, 5.41) is 3.73. The smallest absolute Gasteiger partial charge is 0.0685 e. The molecule has 0 aromatic heterocycles. The lowest BCUT2D eigenvalue weighted by Gasteiger charge is -2.50. The summed E-state index contributed by atoms with van der Waals surface area (Å²) >= 11 is 0. The molecule has 0 aromatic rings. The molecule has 0 amide bonds. The van der Waals surface area contributed by atoms with Crippen LogP contribution in [0, 0.1) is 23.7 Å². The van der Waals surface area contributed by atoms with E-state index in [0.717, 1.165) is 36.3 Å². The Kier molecular flexibility index (Phi) is 3.15. The lowest BCUT2D eigenvalue weighted by Crippen LogP contribution is -2.52. The van der Waals surface area contributed by atoms with Crippen molar-refractivity contribution >= 4 is 0 Å². The highest BCUT2D eigenvalue weighted by atomic mass is 16.5. The molecule has 4 fully saturated rings. The van der Waals surface area contributed by atoms with Gasteiger partial charge in [-0.15, -0.1) is 0 Å². The number of ether oxygens (including phenoxy) is 1. The normalized spacial score (nSPS) is 45.3. The van der Waals surface area contributed by atoms with Crippen LogP contribution >= 0.6 is 0 Å². The summed E-state index contributed by atoms with van der Waals surface area (Å²) < 4.78 is 6.12. The van der Waals surface area contributed by atoms with Crippen LogP contribution in [0.25, 0.3) is 0 Å². The zero-order chi connectivity index (χ0) is 12.9. The minimum absolute atomic E-state index is 0.315. The molecule has 3 aliphatic carbocycles. The molecule has 1 heterocycles. The third-order valence-corrected chi connectivity index (χ3v) is 6.89. The molecule has 1 N–H and O–H groups in total. The van der Waals surface area contributed by atoms with Gasteiger partial charge in [0.2, 0.25) is 0 Å². The van der Waals surface area contributed by atoms with E-state index in [4.69, 9.17) is 4.74 Å². The van der Waals surface area contributed by atoms with Crippen LogP contribution in [0.3, 0.4) is 0 Å². The van der Waals surface area contributed by atoms with Gasteiger partial charge >= 0.3 is 0 Å². The Morgan fingerprint density at radius 2 is 2.05 bits per heavy atom. The highest BCUT2D eigenvalue weighted by Gasteiger charge is 2.49. The molecule has 5 unspecified atom stereocenters. The van der Waals surface area contributed by atoms with E-state index in [1.54, 1.807) is 0 Å². The van der Waals surface area contributed by atoms with Crippen LogP contribution in [0.5, 0.6) is 0 Å². The van der Waals surface area contributed by atoms with Crippen molar-refractivity contribution < 1.29 is 4.74 Å². The predicted octanol–water partition coefficient (Wildman–Crippen LogP) is 3.36. The molecule has 3 saturated carbocycles. The van der Waals surface area contributed by atoms with Gasteiger partial charge in [0.1, 0.15) is 0 Å². The first kappa shape index (κ1) is 12.6. The first-order chi connectivity index (χ1) is 9.30. The standard InChI is InChI=1S/C17H29NO/c1-18-16(15-10-12-3-4-13(15)9-12)14-5-8-19-17(11-14)6-2-7-17/h12-16,18H,2-11H2,1H3. The lowest BCUT2D eigenvalue weighted by molar-refractivity contribution is -0.149. The summed E-state index contributed by atoms with van der Waals surface area (Å²) in [5.74, 6) is 3.97. The molecule has 2 heteroatoms. The van der Waals surface area contributed by atoms with Gasteiger partial charge in [-0.2, -0.15) is 0 Å². The van der Waals surface area contributed by atoms with E-state index in [9.17, 15) is 0 Å². The molecule has 108 valence electrons. The van der Waals surface area contributed by atoms with Crippen molar-refractivity contribution in [3.8, 4) is 0 Å². The van der Waals surface area contributed by atoms with Gasteiger partial charge in [0.25, 0.3) is 0 Å². The maximum absolute atomic E-state index is 6.12. The van der Waals surface area contributed by atoms with E-state index in [-0.39, 0.29) is 0 Å². The summed E-state index contributed by atoms with van der Waals surface area (Å²) in [6, 6.07) is 0.775. The molecule has 2 nitrogen and oxygen atoms in total. The van der Waals surface area contributed by atoms with Gasteiger partial charge in [-0.1, -0.05) is 6.42 Å². The first-order valence-corrected chi connectivity index (χ1v) is 8.61. The van der Waals surface area contributed by atoms with Crippen molar-refractivity contribution in [3.05, 3.63) is 0 Å². The molecule has 5 atom stereocenters. The SMILES string of the molecule is CNC(C1CCOC2(CCC2)C1)C1CC2CCC1C2. The second-order valence-corrected chi connectivity index (χ2v) is 7.79. The van der Waals surface area contributed by atoms with Crippen LogP contribution in [-0.2, 0) is 4.74 Å². The summed E-state index contributed by atoms with van der Waals surface area (Å²) in [6.45, 7) is 1.02. The highest BCUT2D eigenvalue weighted by Crippen LogP contribution is 2.53. The Morgan fingerprint density at radius 1 is 1.16 bits per heavy atom. The van der Waals surface area contributed by atoms with Crippen molar-refractivity contribution in [2.24, 2.45) is 23.7 Å². The van der Waals surface area contributed by atoms with Crippen LogP contribution in [-0.4, -0.2) is 25.3 Å². The molecule has 1 saturated heterocycles. The molecular weight excluding hydrogens is 234 g/mol. The third kappa shape index (κ3) is 2.06. The number of fused-ring (bicyclic) bond motifs is 2. The van der Waals surface area contributed by atoms with Gasteiger partial charge in [-0.25, -0.2) is 0 Å². The average Bonchev–Trinajstić information content (AvgIpc) is 3.01. The van der Waals surface area contributed by atoms with Gasteiger partial charge in [0.15, 0.2) is 0 Å². The first-order valence-electron chi connectivity index (χ1n) is 8.61. The Hall–Kier alpha value is -0.0800. The maximum atomic E-state index is 6.12. The fraction of sp³-hybridized carbons (Fsp3) is 1.00. The number of hydrogen-bond acceptors (Lipinski definition) is 2. The van der Waals surface area contributed by atoms with Crippen LogP contribution in [0.1, 0.15) is 57.8 Å². The summed E-state index contributed by atoms with van der Waals surface area (Å²) in [4.78, 5) is 0. The van der Waals surface area contributed by atoms with Gasteiger partial charge in [0, 0.05) is 12.6 Å². The van der Waals surface area contributed by atoms with Gasteiger partial charge in [-0.05, 0) is 82.1 Å². The topological polar surface area (TPSA) is 21.3 Å². The molecule has 1 aliphatic heterocycles. The maximum Gasteiger partial charge on any atom is 0.0685 e. The molecule has 2 bridgehead atoms. The number of rotatable bonds is 3. The van der Waals surface area contributed by atoms with E-state index in [0.29, 0.717) is 5.60 Å².